The molecular formula is C15H17Cl2NO3. The Morgan fingerprint density at radius 3 is 2.62 bits per heavy atom. The lowest BCUT2D eigenvalue weighted by Crippen LogP contribution is -2.36. The van der Waals surface area contributed by atoms with Gasteiger partial charge in [-0.3, -0.25) is 9.59 Å². The summed E-state index contributed by atoms with van der Waals surface area (Å²) in [4.78, 5) is 24.3. The lowest BCUT2D eigenvalue weighted by molar-refractivity contribution is -0.137. The van der Waals surface area contributed by atoms with Crippen LogP contribution >= 0.6 is 23.2 Å². The number of benzene rings is 1. The van der Waals surface area contributed by atoms with Crippen LogP contribution in [0, 0.1) is 0 Å². The van der Waals surface area contributed by atoms with Gasteiger partial charge in [0.2, 0.25) is 5.91 Å². The lowest BCUT2D eigenvalue weighted by atomic mass is 9.99. The van der Waals surface area contributed by atoms with Crippen LogP contribution in [0.4, 0.5) is 0 Å². The molecule has 1 amide bonds. The van der Waals surface area contributed by atoms with Crippen LogP contribution in [0.15, 0.2) is 12.1 Å². The van der Waals surface area contributed by atoms with Crippen molar-refractivity contribution in [3.8, 4) is 0 Å². The van der Waals surface area contributed by atoms with Crippen LogP contribution in [-0.4, -0.2) is 28.4 Å². The maximum atomic E-state index is 12.1. The van der Waals surface area contributed by atoms with Crippen molar-refractivity contribution in [3.05, 3.63) is 33.3 Å². The zero-order chi connectivity index (χ0) is 15.4. The fourth-order valence-electron chi connectivity index (χ4n) is 2.51. The summed E-state index contributed by atoms with van der Waals surface area (Å²) in [5, 5.41) is 9.78. The minimum Gasteiger partial charge on any atom is -0.481 e. The molecule has 0 saturated carbocycles. The summed E-state index contributed by atoms with van der Waals surface area (Å²) < 4.78 is 0. The summed E-state index contributed by atoms with van der Waals surface area (Å²) in [6, 6.07) is 3.60. The number of carbonyl (C=O) groups is 2. The highest BCUT2D eigenvalue weighted by Gasteiger charge is 2.22. The highest BCUT2D eigenvalue weighted by Crippen LogP contribution is 2.30. The van der Waals surface area contributed by atoms with Crippen LogP contribution in [-0.2, 0) is 22.6 Å². The van der Waals surface area contributed by atoms with E-state index in [1.807, 2.05) is 6.07 Å². The molecule has 0 radical (unpaired) electrons. The fraction of sp³-hybridized carbons (Fsp3) is 0.467. The van der Waals surface area contributed by atoms with Gasteiger partial charge in [0.25, 0.3) is 0 Å². The van der Waals surface area contributed by atoms with Gasteiger partial charge in [0.1, 0.15) is 0 Å². The number of carboxylic acid groups (broad SMARTS) is 1. The average molecular weight is 330 g/mol. The van der Waals surface area contributed by atoms with Gasteiger partial charge in [-0.15, -0.1) is 0 Å². The van der Waals surface area contributed by atoms with Gasteiger partial charge in [0.15, 0.2) is 0 Å². The third kappa shape index (κ3) is 4.35. The molecule has 1 aliphatic rings. The normalized spacial score (nSPS) is 13.9. The van der Waals surface area contributed by atoms with Crippen molar-refractivity contribution in [1.29, 1.82) is 0 Å². The Labute approximate surface area is 133 Å². The molecule has 0 aromatic heterocycles. The highest BCUT2D eigenvalue weighted by molar-refractivity contribution is 6.35. The van der Waals surface area contributed by atoms with E-state index in [2.05, 4.69) is 0 Å². The van der Waals surface area contributed by atoms with Crippen molar-refractivity contribution in [1.82, 2.24) is 4.90 Å². The molecule has 0 saturated heterocycles. The molecule has 2 rings (SSSR count). The van der Waals surface area contributed by atoms with Gasteiger partial charge in [-0.25, -0.2) is 0 Å². The van der Waals surface area contributed by atoms with Crippen LogP contribution < -0.4 is 0 Å². The van der Waals surface area contributed by atoms with E-state index < -0.39 is 5.97 Å². The summed E-state index contributed by atoms with van der Waals surface area (Å²) in [6.45, 7) is 1.16. The van der Waals surface area contributed by atoms with Crippen molar-refractivity contribution in [2.75, 3.05) is 6.54 Å². The molecule has 0 bridgehead atoms. The second-order valence-corrected chi connectivity index (χ2v) is 6.04. The number of halogens is 2. The molecule has 0 aliphatic carbocycles. The van der Waals surface area contributed by atoms with E-state index in [9.17, 15) is 9.59 Å². The number of carboxylic acids is 1. The molecule has 1 aliphatic heterocycles. The zero-order valence-electron chi connectivity index (χ0n) is 11.6. The van der Waals surface area contributed by atoms with Gasteiger partial charge in [-0.05, 0) is 42.5 Å². The third-order valence-electron chi connectivity index (χ3n) is 3.64. The smallest absolute Gasteiger partial charge is 0.303 e. The van der Waals surface area contributed by atoms with E-state index in [-0.39, 0.29) is 12.3 Å². The number of unbranched alkanes of at least 4 members (excludes halogenated alkanes) is 1. The number of rotatable bonds is 5. The standard InChI is InChI=1S/C15H17Cl2NO3/c16-11-7-10-5-6-18(9-12(10)13(17)8-11)14(19)3-1-2-4-15(20)21/h7-8H,1-6,9H2,(H,20,21). The van der Waals surface area contributed by atoms with Crippen molar-refractivity contribution in [2.24, 2.45) is 0 Å². The first-order valence-electron chi connectivity index (χ1n) is 6.93. The maximum Gasteiger partial charge on any atom is 0.303 e. The molecule has 1 heterocycles. The third-order valence-corrected chi connectivity index (χ3v) is 4.19. The van der Waals surface area contributed by atoms with Crippen molar-refractivity contribution in [3.63, 3.8) is 0 Å². The van der Waals surface area contributed by atoms with Gasteiger partial charge in [-0.2, -0.15) is 0 Å². The minimum atomic E-state index is -0.821. The molecule has 1 N–H and O–H groups in total. The number of carbonyl (C=O) groups excluding carboxylic acids is 1. The first-order valence-corrected chi connectivity index (χ1v) is 7.69. The minimum absolute atomic E-state index is 0.0528. The summed E-state index contributed by atoms with van der Waals surface area (Å²) >= 11 is 12.2. The Hall–Kier alpha value is -1.26. The van der Waals surface area contributed by atoms with E-state index >= 15 is 0 Å². The molecule has 0 unspecified atom stereocenters. The SMILES string of the molecule is O=C(O)CCCCC(=O)N1CCc2cc(Cl)cc(Cl)c2C1. The van der Waals surface area contributed by atoms with Gasteiger partial charge in [0, 0.05) is 36.0 Å². The molecule has 4 nitrogen and oxygen atoms in total. The van der Waals surface area contributed by atoms with E-state index in [1.165, 1.54) is 0 Å². The van der Waals surface area contributed by atoms with Crippen molar-refractivity contribution >= 4 is 35.1 Å². The summed E-state index contributed by atoms with van der Waals surface area (Å²) in [7, 11) is 0. The van der Waals surface area contributed by atoms with E-state index in [0.717, 1.165) is 17.5 Å². The van der Waals surface area contributed by atoms with E-state index in [0.29, 0.717) is 42.4 Å². The largest absolute Gasteiger partial charge is 0.481 e. The Kier molecular flexibility index (Phi) is 5.48. The summed E-state index contributed by atoms with van der Waals surface area (Å²) in [5.74, 6) is -0.768. The molecular weight excluding hydrogens is 313 g/mol. The van der Waals surface area contributed by atoms with Crippen LogP contribution in [0.1, 0.15) is 36.8 Å². The van der Waals surface area contributed by atoms with E-state index in [4.69, 9.17) is 28.3 Å². The molecule has 1 aromatic rings. The van der Waals surface area contributed by atoms with Gasteiger partial charge in [-0.1, -0.05) is 23.2 Å². The Morgan fingerprint density at radius 2 is 1.90 bits per heavy atom. The molecule has 21 heavy (non-hydrogen) atoms. The van der Waals surface area contributed by atoms with E-state index in [1.54, 1.807) is 11.0 Å². The molecule has 0 atom stereocenters. The van der Waals surface area contributed by atoms with Gasteiger partial charge in [0.05, 0.1) is 0 Å². The summed E-state index contributed by atoms with van der Waals surface area (Å²) in [5.41, 5.74) is 2.06. The Bertz CT molecular complexity index is 560. The lowest BCUT2D eigenvalue weighted by Gasteiger charge is -2.29. The second kappa shape index (κ2) is 7.14. The topological polar surface area (TPSA) is 57.6 Å². The number of amides is 1. The Morgan fingerprint density at radius 1 is 1.19 bits per heavy atom. The molecule has 0 fully saturated rings. The molecule has 114 valence electrons. The predicted octanol–water partition coefficient (Wildman–Crippen LogP) is 3.52. The number of aliphatic carboxylic acids is 1. The van der Waals surface area contributed by atoms with Gasteiger partial charge >= 0.3 is 5.97 Å². The van der Waals surface area contributed by atoms with Crippen LogP contribution in [0.3, 0.4) is 0 Å². The number of nitrogens with zero attached hydrogens (tertiary/aromatic N) is 1. The van der Waals surface area contributed by atoms with Crippen LogP contribution in [0.2, 0.25) is 10.0 Å². The first-order chi connectivity index (χ1) is 9.97. The quantitative estimate of drug-likeness (QED) is 0.841. The molecule has 6 heteroatoms. The number of hydrogen-bond acceptors (Lipinski definition) is 2. The van der Waals surface area contributed by atoms with Gasteiger partial charge < -0.3 is 10.0 Å². The number of hydrogen-bond donors (Lipinski definition) is 1. The predicted molar refractivity (Wildman–Crippen MR) is 81.7 cm³/mol. The molecule has 0 spiro atoms. The maximum absolute atomic E-state index is 12.1. The summed E-state index contributed by atoms with van der Waals surface area (Å²) in [6.07, 6.45) is 2.37. The van der Waals surface area contributed by atoms with Crippen LogP contribution in [0.5, 0.6) is 0 Å². The first kappa shape index (κ1) is 16.1. The zero-order valence-corrected chi connectivity index (χ0v) is 13.1. The Balaban J connectivity index is 1.92. The second-order valence-electron chi connectivity index (χ2n) is 5.19. The molecule has 1 aromatic carbocycles. The fourth-order valence-corrected chi connectivity index (χ4v) is 3.10. The highest BCUT2D eigenvalue weighted by atomic mass is 35.5. The monoisotopic (exact) mass is 329 g/mol. The van der Waals surface area contributed by atoms with Crippen molar-refractivity contribution in [2.45, 2.75) is 38.6 Å². The van der Waals surface area contributed by atoms with Crippen molar-refractivity contribution < 1.29 is 14.7 Å². The number of fused-ring (bicyclic) bond motifs is 1. The average Bonchev–Trinajstić information content (AvgIpc) is 2.42. The van der Waals surface area contributed by atoms with Crippen LogP contribution in [0.25, 0.3) is 0 Å².